The molecule has 2 aromatic carbocycles. The number of nitrogens with two attached hydrogens (primary N) is 1. The molecule has 0 saturated carbocycles. The Bertz CT molecular complexity index is 1070. The van der Waals surface area contributed by atoms with Gasteiger partial charge in [0.05, 0.1) is 5.69 Å². The van der Waals surface area contributed by atoms with Crippen LogP contribution in [-0.4, -0.2) is 36.5 Å². The summed E-state index contributed by atoms with van der Waals surface area (Å²) in [6.45, 7) is 11.3. The number of benzene rings is 2. The molecule has 0 aliphatic heterocycles. The Kier molecular flexibility index (Phi) is 9.33. The average molecular weight is 481 g/mol. The molecule has 7 heteroatoms. The first kappa shape index (κ1) is 26.0. The second kappa shape index (κ2) is 12.2. The third-order valence-corrected chi connectivity index (χ3v) is 6.28. The lowest BCUT2D eigenvalue weighted by Crippen LogP contribution is -2.29. The fourth-order valence-corrected chi connectivity index (χ4v) is 4.81. The summed E-state index contributed by atoms with van der Waals surface area (Å²) < 4.78 is 13.5. The van der Waals surface area contributed by atoms with Gasteiger partial charge in [-0.15, -0.1) is 0 Å². The molecule has 1 heterocycles. The number of nitrogens with zero attached hydrogens (tertiary/aromatic N) is 3. The van der Waals surface area contributed by atoms with Crippen LogP contribution < -0.4 is 14.8 Å². The van der Waals surface area contributed by atoms with Gasteiger partial charge in [-0.1, -0.05) is 44.2 Å². The molecule has 1 atom stereocenters. The molecule has 0 aliphatic rings. The van der Waals surface area contributed by atoms with Crippen molar-refractivity contribution in [3.63, 3.8) is 0 Å². The maximum atomic E-state index is 6.28. The normalized spacial score (nSPS) is 12.1. The minimum Gasteiger partial charge on any atom is -0.476 e. The van der Waals surface area contributed by atoms with E-state index in [1.807, 2.05) is 16.4 Å². The smallest absolute Gasteiger partial charge is 0.241 e. The fraction of sp³-hybridized carbons (Fsp3) is 0.407. The van der Waals surface area contributed by atoms with E-state index in [1.54, 1.807) is 7.11 Å². The standard InChI is InChI=1S/C27H36N4O2S/c1-18(2)13-22(28)16-33-25-15-24(26-20(4)10-8-11-21(26)5)29-27(30-25)31(17-32-6)34-23-12-7-9-19(3)14-23/h7-12,14-15,18,22H,13,16-17,28H2,1-6H3. The number of rotatable bonds is 11. The van der Waals surface area contributed by atoms with Crippen molar-refractivity contribution in [2.45, 2.75) is 52.0 Å². The molecule has 6 nitrogen and oxygen atoms in total. The highest BCUT2D eigenvalue weighted by molar-refractivity contribution is 8.00. The van der Waals surface area contributed by atoms with Gasteiger partial charge in [0.1, 0.15) is 13.3 Å². The van der Waals surface area contributed by atoms with Gasteiger partial charge in [-0.05, 0) is 73.9 Å². The second-order valence-corrected chi connectivity index (χ2v) is 10.2. The lowest BCUT2D eigenvalue weighted by atomic mass is 10.00. The molecule has 2 N–H and O–H groups in total. The van der Waals surface area contributed by atoms with E-state index < -0.39 is 0 Å². The lowest BCUT2D eigenvalue weighted by Gasteiger charge is -2.22. The number of anilines is 1. The average Bonchev–Trinajstić information content (AvgIpc) is 2.77. The molecule has 3 aromatic rings. The molecular formula is C27H36N4O2S. The monoisotopic (exact) mass is 480 g/mol. The van der Waals surface area contributed by atoms with Gasteiger partial charge in [0.25, 0.3) is 0 Å². The zero-order valence-corrected chi connectivity index (χ0v) is 21.9. The Morgan fingerprint density at radius 1 is 1.00 bits per heavy atom. The van der Waals surface area contributed by atoms with E-state index in [1.165, 1.54) is 17.5 Å². The van der Waals surface area contributed by atoms with Crippen molar-refractivity contribution in [3.8, 4) is 17.1 Å². The predicted octanol–water partition coefficient (Wildman–Crippen LogP) is 5.94. The summed E-state index contributed by atoms with van der Waals surface area (Å²) in [6, 6.07) is 16.4. The van der Waals surface area contributed by atoms with Crippen LogP contribution in [0.4, 0.5) is 5.95 Å². The summed E-state index contributed by atoms with van der Waals surface area (Å²) in [5.74, 6) is 1.54. The molecule has 182 valence electrons. The van der Waals surface area contributed by atoms with Crippen LogP contribution in [0.25, 0.3) is 11.3 Å². The van der Waals surface area contributed by atoms with Gasteiger partial charge in [0.15, 0.2) is 0 Å². The van der Waals surface area contributed by atoms with Gasteiger partial charge in [-0.3, -0.25) is 4.31 Å². The van der Waals surface area contributed by atoms with Gasteiger partial charge in [0.2, 0.25) is 11.8 Å². The number of ether oxygens (including phenoxy) is 2. The van der Waals surface area contributed by atoms with Gasteiger partial charge >= 0.3 is 0 Å². The van der Waals surface area contributed by atoms with Crippen molar-refractivity contribution < 1.29 is 9.47 Å². The predicted molar refractivity (Wildman–Crippen MR) is 141 cm³/mol. The van der Waals surface area contributed by atoms with Crippen LogP contribution in [-0.2, 0) is 4.74 Å². The largest absolute Gasteiger partial charge is 0.476 e. The van der Waals surface area contributed by atoms with Crippen molar-refractivity contribution in [2.75, 3.05) is 24.8 Å². The minimum absolute atomic E-state index is 0.0567. The summed E-state index contributed by atoms with van der Waals surface area (Å²) in [6.07, 6.45) is 0.890. The highest BCUT2D eigenvalue weighted by Gasteiger charge is 2.18. The van der Waals surface area contributed by atoms with E-state index in [0.29, 0.717) is 31.1 Å². The first-order valence-electron chi connectivity index (χ1n) is 11.6. The third-order valence-electron chi connectivity index (χ3n) is 5.32. The van der Waals surface area contributed by atoms with E-state index in [4.69, 9.17) is 25.2 Å². The zero-order chi connectivity index (χ0) is 24.7. The highest BCUT2D eigenvalue weighted by atomic mass is 32.2. The third kappa shape index (κ3) is 7.19. The van der Waals surface area contributed by atoms with Crippen molar-refractivity contribution in [2.24, 2.45) is 11.7 Å². The number of methoxy groups -OCH3 is 1. The van der Waals surface area contributed by atoms with Gasteiger partial charge < -0.3 is 15.2 Å². The maximum absolute atomic E-state index is 6.28. The van der Waals surface area contributed by atoms with E-state index in [-0.39, 0.29) is 6.04 Å². The maximum Gasteiger partial charge on any atom is 0.241 e. The molecule has 1 unspecified atom stereocenters. The summed E-state index contributed by atoms with van der Waals surface area (Å²) in [7, 11) is 1.67. The van der Waals surface area contributed by atoms with Crippen molar-refractivity contribution in [1.82, 2.24) is 9.97 Å². The molecule has 0 bridgehead atoms. The second-order valence-electron chi connectivity index (χ2n) is 9.06. The number of hydrogen-bond donors (Lipinski definition) is 1. The van der Waals surface area contributed by atoms with E-state index in [9.17, 15) is 0 Å². The van der Waals surface area contributed by atoms with Crippen LogP contribution in [0.2, 0.25) is 0 Å². The number of aromatic nitrogens is 2. The fourth-order valence-electron chi connectivity index (χ4n) is 3.85. The summed E-state index contributed by atoms with van der Waals surface area (Å²) in [5, 5.41) is 0. The molecular weight excluding hydrogens is 444 g/mol. The quantitative estimate of drug-likeness (QED) is 0.269. The summed E-state index contributed by atoms with van der Waals surface area (Å²) in [5.41, 5.74) is 11.7. The Labute approximate surface area is 208 Å². The Balaban J connectivity index is 2.01. The van der Waals surface area contributed by atoms with Crippen LogP contribution in [0.1, 0.15) is 37.0 Å². The molecule has 0 aliphatic carbocycles. The Morgan fingerprint density at radius 2 is 1.71 bits per heavy atom. The molecule has 1 aromatic heterocycles. The minimum atomic E-state index is -0.0567. The molecule has 0 saturated heterocycles. The molecule has 0 fully saturated rings. The highest BCUT2D eigenvalue weighted by Crippen LogP contribution is 2.33. The van der Waals surface area contributed by atoms with E-state index in [0.717, 1.165) is 33.7 Å². The molecule has 0 spiro atoms. The number of hydrogen-bond acceptors (Lipinski definition) is 7. The van der Waals surface area contributed by atoms with E-state index >= 15 is 0 Å². The van der Waals surface area contributed by atoms with Gasteiger partial charge in [-0.2, -0.15) is 4.98 Å². The van der Waals surface area contributed by atoms with Crippen molar-refractivity contribution in [1.29, 1.82) is 0 Å². The van der Waals surface area contributed by atoms with E-state index in [2.05, 4.69) is 71.0 Å². The first-order chi connectivity index (χ1) is 16.3. The van der Waals surface area contributed by atoms with Crippen LogP contribution in [0.3, 0.4) is 0 Å². The van der Waals surface area contributed by atoms with Crippen LogP contribution in [0.5, 0.6) is 5.88 Å². The number of aryl methyl sites for hydroxylation is 3. The SMILES string of the molecule is COCN(Sc1cccc(C)c1)c1nc(OCC(N)CC(C)C)cc(-c2c(C)cccc2C)n1. The van der Waals surface area contributed by atoms with Crippen molar-refractivity contribution >= 4 is 17.9 Å². The lowest BCUT2D eigenvalue weighted by molar-refractivity contribution is 0.210. The first-order valence-corrected chi connectivity index (χ1v) is 12.4. The molecule has 3 rings (SSSR count). The van der Waals surface area contributed by atoms with Crippen LogP contribution in [0, 0.1) is 26.7 Å². The molecule has 0 amide bonds. The van der Waals surface area contributed by atoms with Crippen molar-refractivity contribution in [3.05, 3.63) is 65.2 Å². The summed E-state index contributed by atoms with van der Waals surface area (Å²) >= 11 is 1.54. The zero-order valence-electron chi connectivity index (χ0n) is 21.0. The van der Waals surface area contributed by atoms with Gasteiger partial charge in [-0.25, -0.2) is 4.98 Å². The Morgan fingerprint density at radius 3 is 2.35 bits per heavy atom. The molecule has 34 heavy (non-hydrogen) atoms. The van der Waals surface area contributed by atoms with Crippen LogP contribution >= 0.6 is 11.9 Å². The van der Waals surface area contributed by atoms with Gasteiger partial charge in [0, 0.05) is 29.7 Å². The molecule has 0 radical (unpaired) electrons. The summed E-state index contributed by atoms with van der Waals surface area (Å²) in [4.78, 5) is 10.8. The van der Waals surface area contributed by atoms with Crippen LogP contribution in [0.15, 0.2) is 53.4 Å². The topological polar surface area (TPSA) is 73.5 Å². The Hall–Kier alpha value is -2.61.